The molecule has 0 aliphatic heterocycles. The molecule has 0 saturated heterocycles. The van der Waals surface area contributed by atoms with Crippen molar-refractivity contribution in [1.82, 2.24) is 4.98 Å². The van der Waals surface area contributed by atoms with Crippen molar-refractivity contribution in [2.24, 2.45) is 0 Å². The second kappa shape index (κ2) is 4.27. The van der Waals surface area contributed by atoms with Gasteiger partial charge in [0.2, 0.25) is 0 Å². The molecule has 0 unspecified atom stereocenters. The van der Waals surface area contributed by atoms with Crippen LogP contribution in [-0.4, -0.2) is 18.1 Å². The van der Waals surface area contributed by atoms with Crippen molar-refractivity contribution in [3.8, 4) is 0 Å². The Balaban J connectivity index is 2.83. The SMILES string of the molecule is COC(=O)C=Cc1cnc(N)c(N)c1. The Labute approximate surface area is 81.4 Å². The predicted octanol–water partition coefficient (Wildman–Crippen LogP) is 0.432. The molecule has 0 saturated carbocycles. The second-order valence-corrected chi connectivity index (χ2v) is 2.60. The van der Waals surface area contributed by atoms with Crippen molar-refractivity contribution < 1.29 is 9.53 Å². The van der Waals surface area contributed by atoms with Gasteiger partial charge in [-0.15, -0.1) is 0 Å². The van der Waals surface area contributed by atoms with Crippen LogP contribution >= 0.6 is 0 Å². The first-order valence-corrected chi connectivity index (χ1v) is 3.90. The first kappa shape index (κ1) is 10.0. The Bertz CT molecular complexity index is 374. The van der Waals surface area contributed by atoms with E-state index < -0.39 is 5.97 Å². The van der Waals surface area contributed by atoms with Crippen LogP contribution in [0.4, 0.5) is 11.5 Å². The van der Waals surface area contributed by atoms with Gasteiger partial charge in [0.1, 0.15) is 5.82 Å². The summed E-state index contributed by atoms with van der Waals surface area (Å²) in [5, 5.41) is 0. The number of hydrogen-bond acceptors (Lipinski definition) is 5. The average molecular weight is 193 g/mol. The van der Waals surface area contributed by atoms with Crippen LogP contribution in [0.1, 0.15) is 5.56 Å². The third-order valence-corrected chi connectivity index (χ3v) is 1.58. The topological polar surface area (TPSA) is 91.2 Å². The minimum Gasteiger partial charge on any atom is -0.466 e. The van der Waals surface area contributed by atoms with E-state index in [4.69, 9.17) is 11.5 Å². The Kier molecular flexibility index (Phi) is 3.06. The highest BCUT2D eigenvalue weighted by atomic mass is 16.5. The number of pyridine rings is 1. The van der Waals surface area contributed by atoms with Gasteiger partial charge in [-0.05, 0) is 17.7 Å². The molecule has 0 aliphatic carbocycles. The lowest BCUT2D eigenvalue weighted by molar-refractivity contribution is -0.134. The fourth-order valence-corrected chi connectivity index (χ4v) is 0.833. The van der Waals surface area contributed by atoms with E-state index in [-0.39, 0.29) is 5.82 Å². The lowest BCUT2D eigenvalue weighted by atomic mass is 10.2. The molecule has 0 fully saturated rings. The van der Waals surface area contributed by atoms with Gasteiger partial charge < -0.3 is 16.2 Å². The summed E-state index contributed by atoms with van der Waals surface area (Å²) in [5.41, 5.74) is 12.0. The summed E-state index contributed by atoms with van der Waals surface area (Å²) in [6.45, 7) is 0. The first-order valence-electron chi connectivity index (χ1n) is 3.90. The molecule has 1 aromatic heterocycles. The molecule has 0 aliphatic rings. The van der Waals surface area contributed by atoms with Crippen LogP contribution in [0.25, 0.3) is 6.08 Å². The third kappa shape index (κ3) is 2.48. The maximum absolute atomic E-state index is 10.8. The molecule has 0 amide bonds. The largest absolute Gasteiger partial charge is 0.466 e. The maximum atomic E-state index is 10.8. The Morgan fingerprint density at radius 2 is 2.29 bits per heavy atom. The van der Waals surface area contributed by atoms with Crippen LogP contribution in [0.2, 0.25) is 0 Å². The molecule has 0 atom stereocenters. The summed E-state index contributed by atoms with van der Waals surface area (Å²) in [5.74, 6) is -0.152. The van der Waals surface area contributed by atoms with E-state index in [1.165, 1.54) is 19.4 Å². The number of hydrogen-bond donors (Lipinski definition) is 2. The summed E-state index contributed by atoms with van der Waals surface area (Å²) in [4.78, 5) is 14.6. The van der Waals surface area contributed by atoms with Crippen molar-refractivity contribution in [3.05, 3.63) is 23.9 Å². The van der Waals surface area contributed by atoms with Crippen LogP contribution in [-0.2, 0) is 9.53 Å². The number of carbonyl (C=O) groups excluding carboxylic acids is 1. The summed E-state index contributed by atoms with van der Waals surface area (Å²) in [6.07, 6.45) is 4.35. The van der Waals surface area contributed by atoms with Gasteiger partial charge in [-0.25, -0.2) is 9.78 Å². The van der Waals surface area contributed by atoms with Gasteiger partial charge in [0, 0.05) is 12.3 Å². The maximum Gasteiger partial charge on any atom is 0.330 e. The van der Waals surface area contributed by atoms with Crippen LogP contribution in [0, 0.1) is 0 Å². The standard InChI is InChI=1S/C9H11N3O2/c1-14-8(13)3-2-6-4-7(10)9(11)12-5-6/h2-5H,10H2,1H3,(H2,11,12). The number of anilines is 2. The molecular formula is C9H11N3O2. The highest BCUT2D eigenvalue weighted by Gasteiger charge is 1.96. The number of nitrogens with two attached hydrogens (primary N) is 2. The first-order chi connectivity index (χ1) is 6.63. The summed E-state index contributed by atoms with van der Waals surface area (Å²) >= 11 is 0. The molecule has 0 spiro atoms. The Morgan fingerprint density at radius 3 is 2.86 bits per heavy atom. The second-order valence-electron chi connectivity index (χ2n) is 2.60. The van der Waals surface area contributed by atoms with E-state index in [1.807, 2.05) is 0 Å². The van der Waals surface area contributed by atoms with Crippen molar-refractivity contribution >= 4 is 23.6 Å². The molecule has 14 heavy (non-hydrogen) atoms. The molecule has 74 valence electrons. The van der Waals surface area contributed by atoms with Gasteiger partial charge in [0.15, 0.2) is 0 Å². The van der Waals surface area contributed by atoms with Crippen molar-refractivity contribution in [3.63, 3.8) is 0 Å². The summed E-state index contributed by atoms with van der Waals surface area (Å²) in [6, 6.07) is 1.63. The molecule has 5 nitrogen and oxygen atoms in total. The van der Waals surface area contributed by atoms with Crippen LogP contribution in [0.3, 0.4) is 0 Å². The Hall–Kier alpha value is -2.04. The quantitative estimate of drug-likeness (QED) is 0.525. The molecule has 5 heteroatoms. The minimum absolute atomic E-state index is 0.278. The van der Waals surface area contributed by atoms with E-state index in [2.05, 4.69) is 9.72 Å². The average Bonchev–Trinajstić information content (AvgIpc) is 2.19. The summed E-state index contributed by atoms with van der Waals surface area (Å²) in [7, 11) is 1.31. The van der Waals surface area contributed by atoms with E-state index in [1.54, 1.807) is 12.1 Å². The molecular weight excluding hydrogens is 182 g/mol. The zero-order chi connectivity index (χ0) is 10.6. The van der Waals surface area contributed by atoms with Gasteiger partial charge in [-0.1, -0.05) is 0 Å². The van der Waals surface area contributed by atoms with Crippen LogP contribution < -0.4 is 11.5 Å². The molecule has 1 rings (SSSR count). The fraction of sp³-hybridized carbons (Fsp3) is 0.111. The van der Waals surface area contributed by atoms with E-state index in [0.717, 1.165) is 0 Å². The lowest BCUT2D eigenvalue weighted by Gasteiger charge is -1.99. The minimum atomic E-state index is -0.430. The predicted molar refractivity (Wildman–Crippen MR) is 54.1 cm³/mol. The molecule has 1 aromatic rings. The van der Waals surface area contributed by atoms with Crippen molar-refractivity contribution in [2.45, 2.75) is 0 Å². The fourth-order valence-electron chi connectivity index (χ4n) is 0.833. The van der Waals surface area contributed by atoms with Gasteiger partial charge in [0.05, 0.1) is 12.8 Å². The number of carbonyl (C=O) groups is 1. The number of esters is 1. The van der Waals surface area contributed by atoms with Gasteiger partial charge in [-0.2, -0.15) is 0 Å². The molecule has 0 bridgehead atoms. The number of ether oxygens (including phenoxy) is 1. The molecule has 0 radical (unpaired) electrons. The number of nitrogen functional groups attached to an aromatic ring is 2. The Morgan fingerprint density at radius 1 is 1.57 bits per heavy atom. The molecule has 1 heterocycles. The third-order valence-electron chi connectivity index (χ3n) is 1.58. The monoisotopic (exact) mass is 193 g/mol. The zero-order valence-electron chi connectivity index (χ0n) is 7.73. The lowest BCUT2D eigenvalue weighted by Crippen LogP contribution is -1.98. The van der Waals surface area contributed by atoms with Crippen molar-refractivity contribution in [1.29, 1.82) is 0 Å². The smallest absolute Gasteiger partial charge is 0.330 e. The number of aromatic nitrogens is 1. The van der Waals surface area contributed by atoms with E-state index >= 15 is 0 Å². The van der Waals surface area contributed by atoms with Gasteiger partial charge >= 0.3 is 5.97 Å². The van der Waals surface area contributed by atoms with E-state index in [0.29, 0.717) is 11.3 Å². The number of nitrogens with zero attached hydrogens (tertiary/aromatic N) is 1. The van der Waals surface area contributed by atoms with Crippen molar-refractivity contribution in [2.75, 3.05) is 18.6 Å². The zero-order valence-corrected chi connectivity index (χ0v) is 7.73. The van der Waals surface area contributed by atoms with Gasteiger partial charge in [0.25, 0.3) is 0 Å². The molecule has 0 aromatic carbocycles. The number of rotatable bonds is 2. The summed E-state index contributed by atoms with van der Waals surface area (Å²) < 4.78 is 4.42. The van der Waals surface area contributed by atoms with Gasteiger partial charge in [-0.3, -0.25) is 0 Å². The highest BCUT2D eigenvalue weighted by Crippen LogP contribution is 2.13. The van der Waals surface area contributed by atoms with Crippen LogP contribution in [0.5, 0.6) is 0 Å². The molecule has 4 N–H and O–H groups in total. The van der Waals surface area contributed by atoms with E-state index in [9.17, 15) is 4.79 Å². The normalized spacial score (nSPS) is 10.4. The number of methoxy groups -OCH3 is 1. The van der Waals surface area contributed by atoms with Crippen LogP contribution in [0.15, 0.2) is 18.3 Å². The highest BCUT2D eigenvalue weighted by molar-refractivity contribution is 5.87.